The average molecular weight is 356 g/mol. The zero-order valence-electron chi connectivity index (χ0n) is 13.0. The number of halogens is 1. The van der Waals surface area contributed by atoms with Crippen LogP contribution in [-0.2, 0) is 4.79 Å². The molecule has 1 amide bonds. The quantitative estimate of drug-likeness (QED) is 0.718. The molecule has 0 heterocycles. The molecule has 25 heavy (non-hydrogen) atoms. The Labute approximate surface area is 148 Å². The maximum Gasteiger partial charge on any atom is 0.339 e. The summed E-state index contributed by atoms with van der Waals surface area (Å²) in [6.45, 7) is -0.334. The molecule has 0 saturated heterocycles. The molecule has 0 atom stereocenters. The predicted octanol–water partition coefficient (Wildman–Crippen LogP) is 4.21. The molecule has 3 aromatic rings. The minimum atomic E-state index is -1.12. The van der Waals surface area contributed by atoms with Crippen LogP contribution in [0.5, 0.6) is 5.75 Å². The lowest BCUT2D eigenvalue weighted by molar-refractivity contribution is -0.118. The standard InChI is InChI=1S/C19H14ClNO4/c20-15-7-3-4-8-16(15)21-17(22)11-25-18-13-6-2-1-5-12(13)9-10-14(18)19(23)24/h1-10H,11H2,(H,21,22)(H,23,24). The highest BCUT2D eigenvalue weighted by Crippen LogP contribution is 2.30. The molecule has 0 radical (unpaired) electrons. The number of fused-ring (bicyclic) bond motifs is 1. The summed E-state index contributed by atoms with van der Waals surface area (Å²) in [5.74, 6) is -1.38. The third-order valence-corrected chi connectivity index (χ3v) is 3.94. The second-order valence-corrected chi connectivity index (χ2v) is 5.69. The normalized spacial score (nSPS) is 10.4. The number of anilines is 1. The van der Waals surface area contributed by atoms with Crippen LogP contribution in [0.25, 0.3) is 10.8 Å². The molecule has 6 heteroatoms. The van der Waals surface area contributed by atoms with Gasteiger partial charge in [0.2, 0.25) is 0 Å². The van der Waals surface area contributed by atoms with Crippen molar-refractivity contribution in [2.45, 2.75) is 0 Å². The first kappa shape index (κ1) is 16.8. The number of carbonyl (C=O) groups is 2. The molecule has 0 aromatic heterocycles. The van der Waals surface area contributed by atoms with Crippen molar-refractivity contribution in [1.82, 2.24) is 0 Å². The number of carboxylic acid groups (broad SMARTS) is 1. The third kappa shape index (κ3) is 3.72. The first-order valence-electron chi connectivity index (χ1n) is 7.48. The third-order valence-electron chi connectivity index (χ3n) is 3.61. The van der Waals surface area contributed by atoms with Crippen LogP contribution >= 0.6 is 11.6 Å². The van der Waals surface area contributed by atoms with Crippen molar-refractivity contribution < 1.29 is 19.4 Å². The van der Waals surface area contributed by atoms with E-state index in [1.807, 2.05) is 12.1 Å². The summed E-state index contributed by atoms with van der Waals surface area (Å²) >= 11 is 6.00. The van der Waals surface area contributed by atoms with Gasteiger partial charge in [0, 0.05) is 5.39 Å². The van der Waals surface area contributed by atoms with Crippen LogP contribution in [0.2, 0.25) is 5.02 Å². The van der Waals surface area contributed by atoms with Crippen molar-refractivity contribution in [3.05, 3.63) is 71.2 Å². The van der Waals surface area contributed by atoms with E-state index in [0.29, 0.717) is 16.1 Å². The Morgan fingerprint density at radius 1 is 1.00 bits per heavy atom. The fraction of sp³-hybridized carbons (Fsp3) is 0.0526. The Morgan fingerprint density at radius 3 is 2.48 bits per heavy atom. The molecule has 0 aliphatic heterocycles. The summed E-state index contributed by atoms with van der Waals surface area (Å²) in [6, 6.07) is 17.2. The van der Waals surface area contributed by atoms with Gasteiger partial charge in [-0.15, -0.1) is 0 Å². The van der Waals surface area contributed by atoms with Gasteiger partial charge < -0.3 is 15.2 Å². The molecule has 0 aliphatic carbocycles. The first-order chi connectivity index (χ1) is 12.1. The molecule has 0 aliphatic rings. The smallest absolute Gasteiger partial charge is 0.339 e. The highest BCUT2D eigenvalue weighted by atomic mass is 35.5. The fourth-order valence-corrected chi connectivity index (χ4v) is 2.64. The number of rotatable bonds is 5. The van der Waals surface area contributed by atoms with Crippen LogP contribution in [-0.4, -0.2) is 23.6 Å². The van der Waals surface area contributed by atoms with Gasteiger partial charge in [-0.3, -0.25) is 4.79 Å². The molecule has 0 unspecified atom stereocenters. The number of carboxylic acids is 1. The number of ether oxygens (including phenoxy) is 1. The summed E-state index contributed by atoms with van der Waals surface area (Å²) in [5.41, 5.74) is 0.471. The van der Waals surface area contributed by atoms with Gasteiger partial charge in [0.15, 0.2) is 6.61 Å². The summed E-state index contributed by atoms with van der Waals surface area (Å²) in [5, 5.41) is 13.9. The molecular weight excluding hydrogens is 342 g/mol. The van der Waals surface area contributed by atoms with Crippen molar-refractivity contribution in [3.8, 4) is 5.75 Å². The number of hydrogen-bond acceptors (Lipinski definition) is 3. The van der Waals surface area contributed by atoms with Gasteiger partial charge in [0.05, 0.1) is 10.7 Å². The van der Waals surface area contributed by atoms with E-state index >= 15 is 0 Å². The van der Waals surface area contributed by atoms with Crippen LogP contribution in [0.1, 0.15) is 10.4 Å². The topological polar surface area (TPSA) is 75.6 Å². The highest BCUT2D eigenvalue weighted by Gasteiger charge is 2.16. The average Bonchev–Trinajstić information content (AvgIpc) is 2.61. The van der Waals surface area contributed by atoms with Crippen LogP contribution < -0.4 is 10.1 Å². The number of hydrogen-bond donors (Lipinski definition) is 2. The van der Waals surface area contributed by atoms with Gasteiger partial charge in [0.1, 0.15) is 11.3 Å². The molecule has 0 spiro atoms. The van der Waals surface area contributed by atoms with E-state index in [0.717, 1.165) is 5.39 Å². The molecule has 2 N–H and O–H groups in total. The van der Waals surface area contributed by atoms with E-state index in [2.05, 4.69) is 5.32 Å². The molecule has 3 aromatic carbocycles. The Balaban J connectivity index is 1.83. The fourth-order valence-electron chi connectivity index (χ4n) is 2.45. The van der Waals surface area contributed by atoms with E-state index in [1.54, 1.807) is 42.5 Å². The van der Waals surface area contributed by atoms with Crippen molar-refractivity contribution in [2.75, 3.05) is 11.9 Å². The maximum atomic E-state index is 12.1. The molecule has 3 rings (SSSR count). The van der Waals surface area contributed by atoms with Gasteiger partial charge in [-0.25, -0.2) is 4.79 Å². The van der Waals surface area contributed by atoms with Crippen molar-refractivity contribution in [3.63, 3.8) is 0 Å². The Morgan fingerprint density at radius 2 is 1.72 bits per heavy atom. The van der Waals surface area contributed by atoms with E-state index in [9.17, 15) is 14.7 Å². The lowest BCUT2D eigenvalue weighted by Gasteiger charge is -2.13. The number of benzene rings is 3. The Kier molecular flexibility index (Phi) is 4.86. The van der Waals surface area contributed by atoms with Crippen molar-refractivity contribution in [2.24, 2.45) is 0 Å². The SMILES string of the molecule is O=C(COc1c(C(=O)O)ccc2ccccc12)Nc1ccccc1Cl. The first-order valence-corrected chi connectivity index (χ1v) is 7.86. The van der Waals surface area contributed by atoms with Crippen LogP contribution in [0.15, 0.2) is 60.7 Å². The van der Waals surface area contributed by atoms with Gasteiger partial charge in [0.25, 0.3) is 5.91 Å². The largest absolute Gasteiger partial charge is 0.482 e. The number of amides is 1. The minimum absolute atomic E-state index is 0.00393. The number of para-hydroxylation sites is 1. The summed E-state index contributed by atoms with van der Waals surface area (Å²) in [7, 11) is 0. The van der Waals surface area contributed by atoms with E-state index in [4.69, 9.17) is 16.3 Å². The van der Waals surface area contributed by atoms with Gasteiger partial charge >= 0.3 is 5.97 Å². The predicted molar refractivity (Wildman–Crippen MR) is 96.5 cm³/mol. The second kappa shape index (κ2) is 7.23. The van der Waals surface area contributed by atoms with Gasteiger partial charge in [-0.2, -0.15) is 0 Å². The number of carbonyl (C=O) groups excluding carboxylic acids is 1. The molecule has 126 valence electrons. The summed E-state index contributed by atoms with van der Waals surface area (Å²) in [6.07, 6.45) is 0. The number of aromatic carboxylic acids is 1. The monoisotopic (exact) mass is 355 g/mol. The van der Waals surface area contributed by atoms with E-state index < -0.39 is 11.9 Å². The van der Waals surface area contributed by atoms with Crippen LogP contribution in [0.3, 0.4) is 0 Å². The minimum Gasteiger partial charge on any atom is -0.482 e. The lowest BCUT2D eigenvalue weighted by Crippen LogP contribution is -2.21. The second-order valence-electron chi connectivity index (χ2n) is 5.29. The molecule has 0 saturated carbocycles. The van der Waals surface area contributed by atoms with Crippen molar-refractivity contribution in [1.29, 1.82) is 0 Å². The molecular formula is C19H14ClNO4. The van der Waals surface area contributed by atoms with E-state index in [1.165, 1.54) is 6.07 Å². The van der Waals surface area contributed by atoms with Gasteiger partial charge in [-0.05, 0) is 23.6 Å². The Hall–Kier alpha value is -3.05. The highest BCUT2D eigenvalue weighted by molar-refractivity contribution is 6.33. The summed E-state index contributed by atoms with van der Waals surface area (Å²) < 4.78 is 5.55. The molecule has 0 fully saturated rings. The van der Waals surface area contributed by atoms with Gasteiger partial charge in [-0.1, -0.05) is 54.1 Å². The van der Waals surface area contributed by atoms with Crippen LogP contribution in [0.4, 0.5) is 5.69 Å². The maximum absolute atomic E-state index is 12.1. The molecule has 5 nitrogen and oxygen atoms in total. The lowest BCUT2D eigenvalue weighted by atomic mass is 10.1. The van der Waals surface area contributed by atoms with Crippen molar-refractivity contribution >= 4 is 39.9 Å². The zero-order chi connectivity index (χ0) is 17.8. The van der Waals surface area contributed by atoms with E-state index in [-0.39, 0.29) is 17.9 Å². The zero-order valence-corrected chi connectivity index (χ0v) is 13.8. The number of nitrogens with one attached hydrogen (secondary N) is 1. The van der Waals surface area contributed by atoms with Crippen LogP contribution in [0, 0.1) is 0 Å². The summed E-state index contributed by atoms with van der Waals surface area (Å²) in [4.78, 5) is 23.6. The Bertz CT molecular complexity index is 955. The molecule has 0 bridgehead atoms.